The van der Waals surface area contributed by atoms with Crippen LogP contribution in [-0.2, 0) is 23.1 Å². The van der Waals surface area contributed by atoms with Crippen molar-refractivity contribution in [2.24, 2.45) is 24.8 Å². The molecular weight excluding hydrogens is 444 g/mol. The number of likely N-dealkylation sites (tertiary alicyclic amines) is 2. The minimum Gasteiger partial charge on any atom is -0.356 e. The lowest BCUT2D eigenvalue weighted by atomic mass is 9.76. The van der Waals surface area contributed by atoms with Gasteiger partial charge >= 0.3 is 6.03 Å². The standard InChI is InChI=1S/C26H40N6O3/c1-17-22(18(2)29(3)28-17)7-10-27-25(34)20-8-11-30(12-9-20)26(35)31-14-19-13-21(16-31)23-5-4-6-24(33)32(23)15-19/h19-21,23H,4-16H2,1-3H3,(H,27,34)/t19-,21+,23+/m0/s1. The molecule has 1 aromatic heterocycles. The van der Waals surface area contributed by atoms with Crippen molar-refractivity contribution in [2.45, 2.75) is 64.8 Å². The van der Waals surface area contributed by atoms with Crippen molar-refractivity contribution in [2.75, 3.05) is 39.3 Å². The van der Waals surface area contributed by atoms with Gasteiger partial charge in [-0.3, -0.25) is 14.3 Å². The van der Waals surface area contributed by atoms with Crippen LogP contribution in [0, 0.1) is 31.6 Å². The third-order valence-electron chi connectivity index (χ3n) is 8.92. The number of hydrogen-bond donors (Lipinski definition) is 1. The molecule has 0 radical (unpaired) electrons. The van der Waals surface area contributed by atoms with Gasteiger partial charge in [0, 0.05) is 70.4 Å². The summed E-state index contributed by atoms with van der Waals surface area (Å²) in [5.41, 5.74) is 3.38. The minimum absolute atomic E-state index is 0.0299. The second-order valence-electron chi connectivity index (χ2n) is 11.1. The van der Waals surface area contributed by atoms with Gasteiger partial charge in [-0.1, -0.05) is 0 Å². The Balaban J connectivity index is 1.09. The molecule has 0 aromatic carbocycles. The topological polar surface area (TPSA) is 90.8 Å². The van der Waals surface area contributed by atoms with E-state index in [-0.39, 0.29) is 17.9 Å². The van der Waals surface area contributed by atoms with E-state index in [1.807, 2.05) is 28.5 Å². The molecule has 4 saturated heterocycles. The highest BCUT2D eigenvalue weighted by atomic mass is 16.2. The fourth-order valence-corrected chi connectivity index (χ4v) is 6.93. The number of nitrogens with one attached hydrogen (secondary N) is 1. The fraction of sp³-hybridized carbons (Fsp3) is 0.769. The van der Waals surface area contributed by atoms with Crippen LogP contribution in [-0.4, -0.2) is 87.6 Å². The summed E-state index contributed by atoms with van der Waals surface area (Å²) in [5, 5.41) is 7.56. The highest BCUT2D eigenvalue weighted by Gasteiger charge is 2.45. The van der Waals surface area contributed by atoms with E-state index < -0.39 is 0 Å². The molecule has 1 N–H and O–H groups in total. The van der Waals surface area contributed by atoms with E-state index in [1.165, 1.54) is 5.56 Å². The molecule has 0 spiro atoms. The first-order valence-electron chi connectivity index (χ1n) is 13.4. The molecule has 0 saturated carbocycles. The Kier molecular flexibility index (Phi) is 6.77. The quantitative estimate of drug-likeness (QED) is 0.706. The van der Waals surface area contributed by atoms with Crippen LogP contribution >= 0.6 is 0 Å². The summed E-state index contributed by atoms with van der Waals surface area (Å²) in [7, 11) is 1.95. The summed E-state index contributed by atoms with van der Waals surface area (Å²) in [4.78, 5) is 44.6. The third kappa shape index (κ3) is 4.78. The zero-order valence-corrected chi connectivity index (χ0v) is 21.5. The van der Waals surface area contributed by atoms with Crippen LogP contribution in [0.25, 0.3) is 0 Å². The van der Waals surface area contributed by atoms with E-state index in [2.05, 4.69) is 22.2 Å². The van der Waals surface area contributed by atoms with Crippen molar-refractivity contribution in [1.82, 2.24) is 29.8 Å². The Morgan fingerprint density at radius 3 is 2.54 bits per heavy atom. The normalized spacial score (nSPS) is 27.1. The van der Waals surface area contributed by atoms with Gasteiger partial charge in [0.25, 0.3) is 0 Å². The number of carbonyl (C=O) groups is 3. The van der Waals surface area contributed by atoms with Gasteiger partial charge in [0.05, 0.1) is 5.69 Å². The molecule has 9 heteroatoms. The van der Waals surface area contributed by atoms with Crippen molar-refractivity contribution in [3.05, 3.63) is 17.0 Å². The number of urea groups is 1. The number of piperidine rings is 4. The van der Waals surface area contributed by atoms with Crippen molar-refractivity contribution < 1.29 is 14.4 Å². The molecule has 5 rings (SSSR count). The molecule has 0 aliphatic carbocycles. The molecule has 35 heavy (non-hydrogen) atoms. The van der Waals surface area contributed by atoms with Crippen LogP contribution in [0.5, 0.6) is 0 Å². The number of carbonyl (C=O) groups excluding carboxylic acids is 3. The molecule has 4 aliphatic heterocycles. The van der Waals surface area contributed by atoms with E-state index >= 15 is 0 Å². The lowest BCUT2D eigenvalue weighted by Gasteiger charge is -2.53. The summed E-state index contributed by atoms with van der Waals surface area (Å²) in [6, 6.07) is 0.438. The average Bonchev–Trinajstić information content (AvgIpc) is 3.10. The SMILES string of the molecule is Cc1nn(C)c(C)c1CCNC(=O)C1CCN(C(=O)N2C[C@@H]3C[C@H](C2)[C@H]2CCCC(=O)N2C3)CC1. The molecule has 4 amide bonds. The number of aryl methyl sites for hydroxylation is 2. The van der Waals surface area contributed by atoms with Gasteiger partial charge in [-0.05, 0) is 69.8 Å². The number of hydrogen-bond acceptors (Lipinski definition) is 4. The average molecular weight is 485 g/mol. The molecule has 9 nitrogen and oxygen atoms in total. The van der Waals surface area contributed by atoms with E-state index in [0.717, 1.165) is 56.7 Å². The molecule has 2 bridgehead atoms. The number of fused-ring (bicyclic) bond motifs is 4. The summed E-state index contributed by atoms with van der Waals surface area (Å²) in [6.07, 6.45) is 6.10. The number of aromatic nitrogens is 2. The summed E-state index contributed by atoms with van der Waals surface area (Å²) in [5.74, 6) is 1.18. The Morgan fingerprint density at radius 1 is 1.06 bits per heavy atom. The Hall–Kier alpha value is -2.58. The van der Waals surface area contributed by atoms with Gasteiger partial charge < -0.3 is 20.0 Å². The second-order valence-corrected chi connectivity index (χ2v) is 11.1. The molecule has 1 aromatic rings. The van der Waals surface area contributed by atoms with Crippen LogP contribution in [0.3, 0.4) is 0 Å². The maximum absolute atomic E-state index is 13.3. The molecule has 0 unspecified atom stereocenters. The zero-order chi connectivity index (χ0) is 24.7. The first-order valence-corrected chi connectivity index (χ1v) is 13.4. The predicted octanol–water partition coefficient (Wildman–Crippen LogP) is 1.86. The minimum atomic E-state index is -0.0299. The monoisotopic (exact) mass is 484 g/mol. The van der Waals surface area contributed by atoms with Crippen LogP contribution in [0.15, 0.2) is 0 Å². The number of rotatable bonds is 4. The van der Waals surface area contributed by atoms with Gasteiger partial charge in [0.15, 0.2) is 0 Å². The lowest BCUT2D eigenvalue weighted by molar-refractivity contribution is -0.144. The van der Waals surface area contributed by atoms with E-state index in [9.17, 15) is 14.4 Å². The summed E-state index contributed by atoms with van der Waals surface area (Å²) in [6.45, 7) is 8.28. The van der Waals surface area contributed by atoms with Crippen molar-refractivity contribution >= 4 is 17.8 Å². The number of nitrogens with zero attached hydrogens (tertiary/aromatic N) is 5. The van der Waals surface area contributed by atoms with Crippen LogP contribution < -0.4 is 5.32 Å². The van der Waals surface area contributed by atoms with E-state index in [0.29, 0.717) is 62.7 Å². The van der Waals surface area contributed by atoms with Crippen molar-refractivity contribution in [3.63, 3.8) is 0 Å². The van der Waals surface area contributed by atoms with Gasteiger partial charge in [-0.25, -0.2) is 4.79 Å². The largest absolute Gasteiger partial charge is 0.356 e. The zero-order valence-electron chi connectivity index (χ0n) is 21.5. The van der Waals surface area contributed by atoms with E-state index in [1.54, 1.807) is 0 Å². The molecule has 5 heterocycles. The predicted molar refractivity (Wildman–Crippen MR) is 132 cm³/mol. The van der Waals surface area contributed by atoms with E-state index in [4.69, 9.17) is 0 Å². The highest BCUT2D eigenvalue weighted by molar-refractivity contribution is 5.80. The van der Waals surface area contributed by atoms with Crippen LogP contribution in [0.1, 0.15) is 55.5 Å². The van der Waals surface area contributed by atoms with Crippen molar-refractivity contribution in [1.29, 1.82) is 0 Å². The second kappa shape index (κ2) is 9.82. The Labute approximate surface area is 208 Å². The maximum Gasteiger partial charge on any atom is 0.320 e. The molecule has 3 atom stereocenters. The van der Waals surface area contributed by atoms with Crippen LogP contribution in [0.2, 0.25) is 0 Å². The number of amides is 4. The lowest BCUT2D eigenvalue weighted by Crippen LogP contribution is -2.62. The van der Waals surface area contributed by atoms with Crippen LogP contribution in [0.4, 0.5) is 4.79 Å². The Morgan fingerprint density at radius 2 is 1.83 bits per heavy atom. The Bertz CT molecular complexity index is 982. The highest BCUT2D eigenvalue weighted by Crippen LogP contribution is 2.38. The van der Waals surface area contributed by atoms with Crippen molar-refractivity contribution in [3.8, 4) is 0 Å². The fourth-order valence-electron chi connectivity index (χ4n) is 6.93. The molecular formula is C26H40N6O3. The molecule has 4 fully saturated rings. The van der Waals surface area contributed by atoms with Gasteiger partial charge in [0.2, 0.25) is 11.8 Å². The first kappa shape index (κ1) is 24.1. The third-order valence-corrected chi connectivity index (χ3v) is 8.92. The van der Waals surface area contributed by atoms with Gasteiger partial charge in [0.1, 0.15) is 0 Å². The first-order chi connectivity index (χ1) is 16.8. The summed E-state index contributed by atoms with van der Waals surface area (Å²) < 4.78 is 1.89. The van der Waals surface area contributed by atoms with Gasteiger partial charge in [-0.2, -0.15) is 5.10 Å². The summed E-state index contributed by atoms with van der Waals surface area (Å²) >= 11 is 0. The maximum atomic E-state index is 13.3. The van der Waals surface area contributed by atoms with Gasteiger partial charge in [-0.15, -0.1) is 0 Å². The molecule has 192 valence electrons. The smallest absolute Gasteiger partial charge is 0.320 e. The molecule has 4 aliphatic rings.